The average Bonchev–Trinajstić information content (AvgIpc) is 2.43. The monoisotopic (exact) mass is 139 g/mol. The lowest BCUT2D eigenvalue weighted by molar-refractivity contribution is 0.444. The molecule has 0 fully saturated rings. The van der Waals surface area contributed by atoms with Crippen molar-refractivity contribution in [1.82, 2.24) is 4.98 Å². The van der Waals surface area contributed by atoms with E-state index in [1.165, 1.54) is 6.39 Å². The summed E-state index contributed by atoms with van der Waals surface area (Å²) in [7, 11) is 0. The van der Waals surface area contributed by atoms with E-state index in [9.17, 15) is 0 Å². The van der Waals surface area contributed by atoms with Crippen LogP contribution in [0.2, 0.25) is 0 Å². The van der Waals surface area contributed by atoms with Gasteiger partial charge in [0.15, 0.2) is 6.39 Å². The minimum atomic E-state index is 0.558. The van der Waals surface area contributed by atoms with Crippen LogP contribution in [0.5, 0.6) is 0 Å². The third-order valence-electron chi connectivity index (χ3n) is 1.84. The summed E-state index contributed by atoms with van der Waals surface area (Å²) >= 11 is 0. The molecule has 2 nitrogen and oxygen atoms in total. The van der Waals surface area contributed by atoms with Crippen LogP contribution in [-0.2, 0) is 0 Å². The second-order valence-electron chi connectivity index (χ2n) is 2.42. The van der Waals surface area contributed by atoms with Crippen molar-refractivity contribution in [3.63, 3.8) is 0 Å². The second-order valence-corrected chi connectivity index (χ2v) is 2.42. The molecular weight excluding hydrogens is 126 g/mol. The van der Waals surface area contributed by atoms with E-state index in [0.29, 0.717) is 5.92 Å². The predicted octanol–water partition coefficient (Wildman–Crippen LogP) is 2.58. The fourth-order valence-electron chi connectivity index (χ4n) is 1.12. The highest BCUT2D eigenvalue weighted by atomic mass is 16.3. The van der Waals surface area contributed by atoms with Gasteiger partial charge in [0.1, 0.15) is 5.76 Å². The van der Waals surface area contributed by atoms with Gasteiger partial charge in [-0.15, -0.1) is 0 Å². The molecule has 0 aliphatic heterocycles. The van der Waals surface area contributed by atoms with Crippen LogP contribution in [0.3, 0.4) is 0 Å². The van der Waals surface area contributed by atoms with Crippen molar-refractivity contribution >= 4 is 0 Å². The van der Waals surface area contributed by atoms with Gasteiger partial charge in [-0.3, -0.25) is 0 Å². The Hall–Kier alpha value is -0.790. The van der Waals surface area contributed by atoms with Gasteiger partial charge in [0, 0.05) is 5.92 Å². The van der Waals surface area contributed by atoms with Crippen LogP contribution in [0.25, 0.3) is 0 Å². The lowest BCUT2D eigenvalue weighted by atomic mass is 10.0. The molecule has 0 aliphatic rings. The maximum atomic E-state index is 5.17. The van der Waals surface area contributed by atoms with Crippen LogP contribution in [0.4, 0.5) is 0 Å². The summed E-state index contributed by atoms with van der Waals surface area (Å²) < 4.78 is 5.17. The van der Waals surface area contributed by atoms with Gasteiger partial charge in [0.05, 0.1) is 6.20 Å². The zero-order valence-electron chi connectivity index (χ0n) is 6.50. The quantitative estimate of drug-likeness (QED) is 0.643. The normalized spacial score (nSPS) is 10.7. The summed E-state index contributed by atoms with van der Waals surface area (Å²) in [5.41, 5.74) is 0. The predicted molar refractivity (Wildman–Crippen MR) is 39.8 cm³/mol. The summed E-state index contributed by atoms with van der Waals surface area (Å²) in [6.45, 7) is 4.33. The molecule has 0 amide bonds. The van der Waals surface area contributed by atoms with E-state index in [0.717, 1.165) is 18.6 Å². The van der Waals surface area contributed by atoms with Gasteiger partial charge in [0.25, 0.3) is 0 Å². The lowest BCUT2D eigenvalue weighted by Crippen LogP contribution is -1.91. The van der Waals surface area contributed by atoms with Gasteiger partial charge in [-0.1, -0.05) is 13.8 Å². The van der Waals surface area contributed by atoms with Crippen molar-refractivity contribution in [2.24, 2.45) is 0 Å². The molecule has 0 bridgehead atoms. The molecule has 0 spiro atoms. The van der Waals surface area contributed by atoms with Crippen LogP contribution in [0.15, 0.2) is 17.0 Å². The number of hydrogen-bond acceptors (Lipinski definition) is 2. The highest BCUT2D eigenvalue weighted by molar-refractivity contribution is 4.97. The summed E-state index contributed by atoms with van der Waals surface area (Å²) in [6, 6.07) is 0. The van der Waals surface area contributed by atoms with Crippen molar-refractivity contribution in [2.45, 2.75) is 32.6 Å². The minimum Gasteiger partial charge on any atom is -0.448 e. The Balaban J connectivity index is 2.64. The van der Waals surface area contributed by atoms with Gasteiger partial charge in [-0.25, -0.2) is 4.98 Å². The molecule has 0 saturated carbocycles. The standard InChI is InChI=1S/C8H13NO/c1-3-7(4-2)8-5-9-6-10-8/h5-7H,3-4H2,1-2H3. The maximum Gasteiger partial charge on any atom is 0.180 e. The first-order valence-electron chi connectivity index (χ1n) is 3.76. The van der Waals surface area contributed by atoms with Gasteiger partial charge in [0.2, 0.25) is 0 Å². The molecule has 0 unspecified atom stereocenters. The number of aromatic nitrogens is 1. The summed E-state index contributed by atoms with van der Waals surface area (Å²) in [4.78, 5) is 3.87. The topological polar surface area (TPSA) is 26.0 Å². The van der Waals surface area contributed by atoms with E-state index < -0.39 is 0 Å². The molecule has 1 rings (SSSR count). The van der Waals surface area contributed by atoms with Crippen LogP contribution < -0.4 is 0 Å². The molecule has 2 heteroatoms. The number of hydrogen-bond donors (Lipinski definition) is 0. The minimum absolute atomic E-state index is 0.558. The molecule has 0 aromatic carbocycles. The largest absolute Gasteiger partial charge is 0.448 e. The Kier molecular flexibility index (Phi) is 2.49. The zero-order chi connectivity index (χ0) is 7.40. The molecule has 10 heavy (non-hydrogen) atoms. The van der Waals surface area contributed by atoms with Gasteiger partial charge in [-0.05, 0) is 12.8 Å². The van der Waals surface area contributed by atoms with Crippen LogP contribution in [0.1, 0.15) is 38.4 Å². The van der Waals surface area contributed by atoms with E-state index in [1.807, 2.05) is 0 Å². The smallest absolute Gasteiger partial charge is 0.180 e. The van der Waals surface area contributed by atoms with Crippen molar-refractivity contribution < 1.29 is 4.42 Å². The Morgan fingerprint density at radius 3 is 2.60 bits per heavy atom. The van der Waals surface area contributed by atoms with Crippen LogP contribution in [-0.4, -0.2) is 4.98 Å². The summed E-state index contributed by atoms with van der Waals surface area (Å²) in [5.74, 6) is 1.58. The van der Waals surface area contributed by atoms with E-state index >= 15 is 0 Å². The molecule has 0 aliphatic carbocycles. The third-order valence-corrected chi connectivity index (χ3v) is 1.84. The summed E-state index contributed by atoms with van der Waals surface area (Å²) in [5, 5.41) is 0. The highest BCUT2D eigenvalue weighted by Crippen LogP contribution is 2.21. The van der Waals surface area contributed by atoms with E-state index in [1.54, 1.807) is 6.20 Å². The van der Waals surface area contributed by atoms with Crippen molar-refractivity contribution in [1.29, 1.82) is 0 Å². The Labute approximate surface area is 61.3 Å². The van der Waals surface area contributed by atoms with Gasteiger partial charge < -0.3 is 4.42 Å². The SMILES string of the molecule is CCC(CC)c1cnco1. The van der Waals surface area contributed by atoms with E-state index in [4.69, 9.17) is 4.42 Å². The first-order valence-corrected chi connectivity index (χ1v) is 3.76. The molecule has 56 valence electrons. The van der Waals surface area contributed by atoms with E-state index in [-0.39, 0.29) is 0 Å². The fraction of sp³-hybridized carbons (Fsp3) is 0.625. The molecule has 0 atom stereocenters. The second kappa shape index (κ2) is 3.40. The van der Waals surface area contributed by atoms with Crippen LogP contribution in [0, 0.1) is 0 Å². The first kappa shape index (κ1) is 7.32. The molecular formula is C8H13NO. The molecule has 0 radical (unpaired) electrons. The van der Waals surface area contributed by atoms with Gasteiger partial charge >= 0.3 is 0 Å². The number of nitrogens with zero attached hydrogens (tertiary/aromatic N) is 1. The Morgan fingerprint density at radius 2 is 2.20 bits per heavy atom. The Bertz CT molecular complexity index is 165. The fourth-order valence-corrected chi connectivity index (χ4v) is 1.12. The molecule has 1 heterocycles. The van der Waals surface area contributed by atoms with Crippen molar-refractivity contribution in [3.8, 4) is 0 Å². The maximum absolute atomic E-state index is 5.17. The van der Waals surface area contributed by atoms with Crippen molar-refractivity contribution in [3.05, 3.63) is 18.4 Å². The molecule has 1 aromatic rings. The number of rotatable bonds is 3. The molecule has 1 aromatic heterocycles. The van der Waals surface area contributed by atoms with E-state index in [2.05, 4.69) is 18.8 Å². The average molecular weight is 139 g/mol. The molecule has 0 saturated heterocycles. The van der Waals surface area contributed by atoms with Crippen LogP contribution >= 0.6 is 0 Å². The Morgan fingerprint density at radius 1 is 1.50 bits per heavy atom. The number of oxazole rings is 1. The highest BCUT2D eigenvalue weighted by Gasteiger charge is 2.08. The first-order chi connectivity index (χ1) is 4.88. The third kappa shape index (κ3) is 1.38. The summed E-state index contributed by atoms with van der Waals surface area (Å²) in [6.07, 6.45) is 5.56. The van der Waals surface area contributed by atoms with Gasteiger partial charge in [-0.2, -0.15) is 0 Å². The molecule has 0 N–H and O–H groups in total. The zero-order valence-corrected chi connectivity index (χ0v) is 6.50. The lowest BCUT2D eigenvalue weighted by Gasteiger charge is -2.05. The van der Waals surface area contributed by atoms with Crippen molar-refractivity contribution in [2.75, 3.05) is 0 Å².